The van der Waals surface area contributed by atoms with Crippen LogP contribution in [-0.4, -0.2) is 4.57 Å². The number of hydrogen-bond acceptors (Lipinski definition) is 1. The molecule has 1 heterocycles. The second-order valence-corrected chi connectivity index (χ2v) is 4.63. The molecular weight excluding hydrogens is 220 g/mol. The van der Waals surface area contributed by atoms with Crippen molar-refractivity contribution in [2.45, 2.75) is 40.3 Å². The molecule has 0 bridgehead atoms. The number of rotatable bonds is 5. The molecule has 0 radical (unpaired) electrons. The minimum Gasteiger partial charge on any atom is -0.379 e. The molecule has 0 fully saturated rings. The molecule has 0 atom stereocenters. The first-order chi connectivity index (χ1) is 8.74. The Hall–Kier alpha value is -1.70. The van der Waals surface area contributed by atoms with Crippen LogP contribution < -0.4 is 5.32 Å². The first-order valence-corrected chi connectivity index (χ1v) is 6.72. The lowest BCUT2D eigenvalue weighted by Gasteiger charge is -2.11. The fraction of sp³-hybridized carbons (Fsp3) is 0.375. The van der Waals surface area contributed by atoms with Crippen molar-refractivity contribution >= 4 is 5.69 Å². The van der Waals surface area contributed by atoms with E-state index in [2.05, 4.69) is 67.2 Å². The lowest BCUT2D eigenvalue weighted by Crippen LogP contribution is -2.06. The molecule has 0 aliphatic heterocycles. The highest BCUT2D eigenvalue weighted by Crippen LogP contribution is 2.16. The Balaban J connectivity index is 2.06. The van der Waals surface area contributed by atoms with Crippen molar-refractivity contribution in [1.29, 1.82) is 0 Å². The van der Waals surface area contributed by atoms with Gasteiger partial charge in [0.1, 0.15) is 0 Å². The summed E-state index contributed by atoms with van der Waals surface area (Å²) in [4.78, 5) is 0. The third kappa shape index (κ3) is 2.76. The summed E-state index contributed by atoms with van der Waals surface area (Å²) < 4.78 is 2.27. The molecule has 0 unspecified atom stereocenters. The van der Waals surface area contributed by atoms with Gasteiger partial charge in [-0.05, 0) is 55.7 Å². The van der Waals surface area contributed by atoms with Gasteiger partial charge in [-0.3, -0.25) is 0 Å². The van der Waals surface area contributed by atoms with Gasteiger partial charge >= 0.3 is 0 Å². The van der Waals surface area contributed by atoms with Crippen LogP contribution in [0, 0.1) is 6.92 Å². The van der Waals surface area contributed by atoms with Crippen LogP contribution in [0.4, 0.5) is 5.69 Å². The van der Waals surface area contributed by atoms with E-state index in [1.54, 1.807) is 0 Å². The van der Waals surface area contributed by atoms with Gasteiger partial charge in [-0.25, -0.2) is 0 Å². The minimum absolute atomic E-state index is 0.882. The van der Waals surface area contributed by atoms with Crippen LogP contribution in [0.1, 0.15) is 30.7 Å². The zero-order chi connectivity index (χ0) is 13.0. The zero-order valence-corrected chi connectivity index (χ0v) is 11.5. The van der Waals surface area contributed by atoms with E-state index in [1.807, 2.05) is 0 Å². The van der Waals surface area contributed by atoms with Crippen molar-refractivity contribution in [2.75, 3.05) is 5.32 Å². The molecule has 0 saturated heterocycles. The van der Waals surface area contributed by atoms with Crippen molar-refractivity contribution < 1.29 is 0 Å². The fourth-order valence-corrected chi connectivity index (χ4v) is 2.27. The van der Waals surface area contributed by atoms with Crippen LogP contribution in [0.3, 0.4) is 0 Å². The second kappa shape index (κ2) is 5.76. The summed E-state index contributed by atoms with van der Waals surface area (Å²) in [5.41, 5.74) is 5.34. The van der Waals surface area contributed by atoms with Crippen molar-refractivity contribution in [1.82, 2.24) is 4.57 Å². The molecule has 2 heteroatoms. The van der Waals surface area contributed by atoms with E-state index in [-0.39, 0.29) is 0 Å². The largest absolute Gasteiger partial charge is 0.379 e. The van der Waals surface area contributed by atoms with E-state index in [0.29, 0.717) is 0 Å². The summed E-state index contributed by atoms with van der Waals surface area (Å²) in [7, 11) is 0. The van der Waals surface area contributed by atoms with Gasteiger partial charge in [0.05, 0.1) is 6.54 Å². The maximum atomic E-state index is 3.50. The van der Waals surface area contributed by atoms with Crippen LogP contribution in [0.5, 0.6) is 0 Å². The standard InChI is InChI=1S/C16H22N2/c1-4-14-11-15(9-8-13(14)3)17-12-16-7-6-10-18(16)5-2/h6-11,17H,4-5,12H2,1-3H3. The Morgan fingerprint density at radius 3 is 2.72 bits per heavy atom. The molecule has 0 aliphatic carbocycles. The molecule has 1 aromatic carbocycles. The Kier molecular flexibility index (Phi) is 4.08. The number of nitrogens with one attached hydrogen (secondary N) is 1. The molecule has 2 aromatic rings. The lowest BCUT2D eigenvalue weighted by atomic mass is 10.1. The van der Waals surface area contributed by atoms with Gasteiger partial charge in [-0.15, -0.1) is 0 Å². The number of anilines is 1. The van der Waals surface area contributed by atoms with Gasteiger partial charge in [0.25, 0.3) is 0 Å². The molecule has 1 aromatic heterocycles. The van der Waals surface area contributed by atoms with Crippen LogP contribution in [0.15, 0.2) is 36.5 Å². The summed E-state index contributed by atoms with van der Waals surface area (Å²) in [6.07, 6.45) is 3.22. The number of benzene rings is 1. The summed E-state index contributed by atoms with van der Waals surface area (Å²) in [5.74, 6) is 0. The molecule has 18 heavy (non-hydrogen) atoms. The van der Waals surface area contributed by atoms with Gasteiger partial charge in [0, 0.05) is 24.1 Å². The highest BCUT2D eigenvalue weighted by Gasteiger charge is 2.01. The normalized spacial score (nSPS) is 10.6. The van der Waals surface area contributed by atoms with Gasteiger partial charge < -0.3 is 9.88 Å². The van der Waals surface area contributed by atoms with E-state index in [9.17, 15) is 0 Å². The predicted octanol–water partition coefficient (Wildman–Crippen LogP) is 3.99. The second-order valence-electron chi connectivity index (χ2n) is 4.63. The molecule has 2 rings (SSSR count). The number of nitrogens with zero attached hydrogens (tertiary/aromatic N) is 1. The zero-order valence-electron chi connectivity index (χ0n) is 11.5. The predicted molar refractivity (Wildman–Crippen MR) is 78.0 cm³/mol. The van der Waals surface area contributed by atoms with Crippen molar-refractivity contribution in [3.63, 3.8) is 0 Å². The smallest absolute Gasteiger partial charge is 0.0553 e. The number of aromatic nitrogens is 1. The van der Waals surface area contributed by atoms with E-state index in [0.717, 1.165) is 19.5 Å². The lowest BCUT2D eigenvalue weighted by molar-refractivity contribution is 0.724. The van der Waals surface area contributed by atoms with Gasteiger partial charge in [0.15, 0.2) is 0 Å². The van der Waals surface area contributed by atoms with Crippen LogP contribution >= 0.6 is 0 Å². The monoisotopic (exact) mass is 242 g/mol. The maximum absolute atomic E-state index is 3.50. The molecule has 0 saturated carbocycles. The maximum Gasteiger partial charge on any atom is 0.0553 e. The summed E-state index contributed by atoms with van der Waals surface area (Å²) in [6.45, 7) is 8.45. The van der Waals surface area contributed by atoms with Crippen molar-refractivity contribution in [3.05, 3.63) is 53.3 Å². The summed E-state index contributed by atoms with van der Waals surface area (Å²) in [5, 5.41) is 3.50. The average Bonchev–Trinajstić information content (AvgIpc) is 2.85. The molecule has 0 aliphatic rings. The Labute approximate surface area is 110 Å². The summed E-state index contributed by atoms with van der Waals surface area (Å²) >= 11 is 0. The molecule has 2 nitrogen and oxygen atoms in total. The fourth-order valence-electron chi connectivity index (χ4n) is 2.27. The van der Waals surface area contributed by atoms with Crippen LogP contribution in [0.2, 0.25) is 0 Å². The third-order valence-corrected chi connectivity index (χ3v) is 3.47. The Bertz CT molecular complexity index is 512. The highest BCUT2D eigenvalue weighted by atomic mass is 15.0. The molecule has 0 amide bonds. The van der Waals surface area contributed by atoms with E-state index in [1.165, 1.54) is 22.5 Å². The van der Waals surface area contributed by atoms with E-state index in [4.69, 9.17) is 0 Å². The topological polar surface area (TPSA) is 17.0 Å². The van der Waals surface area contributed by atoms with Crippen LogP contribution in [-0.2, 0) is 19.5 Å². The third-order valence-electron chi connectivity index (χ3n) is 3.47. The van der Waals surface area contributed by atoms with Gasteiger partial charge in [-0.2, -0.15) is 0 Å². The number of aryl methyl sites for hydroxylation is 3. The minimum atomic E-state index is 0.882. The summed E-state index contributed by atoms with van der Waals surface area (Å²) in [6, 6.07) is 10.9. The Morgan fingerprint density at radius 2 is 2.00 bits per heavy atom. The van der Waals surface area contributed by atoms with Crippen LogP contribution in [0.25, 0.3) is 0 Å². The van der Waals surface area contributed by atoms with Crippen molar-refractivity contribution in [2.24, 2.45) is 0 Å². The van der Waals surface area contributed by atoms with Crippen molar-refractivity contribution in [3.8, 4) is 0 Å². The molecule has 1 N–H and O–H groups in total. The molecule has 96 valence electrons. The SMILES string of the molecule is CCc1cc(NCc2cccn2CC)ccc1C. The number of hydrogen-bond donors (Lipinski definition) is 1. The molecular formula is C16H22N2. The van der Waals surface area contributed by atoms with E-state index < -0.39 is 0 Å². The quantitative estimate of drug-likeness (QED) is 0.839. The molecule has 0 spiro atoms. The first kappa shape index (κ1) is 12.7. The van der Waals surface area contributed by atoms with Gasteiger partial charge in [-0.1, -0.05) is 13.0 Å². The average molecular weight is 242 g/mol. The highest BCUT2D eigenvalue weighted by molar-refractivity contribution is 5.48. The van der Waals surface area contributed by atoms with Gasteiger partial charge in [0.2, 0.25) is 0 Å². The first-order valence-electron chi connectivity index (χ1n) is 6.72. The van der Waals surface area contributed by atoms with E-state index >= 15 is 0 Å². The Morgan fingerprint density at radius 1 is 1.17 bits per heavy atom.